The van der Waals surface area contributed by atoms with Gasteiger partial charge in [-0.2, -0.15) is 5.10 Å². The molecule has 2 aromatic heterocycles. The Kier molecular flexibility index (Phi) is 6.84. The average molecular weight is 380 g/mol. The van der Waals surface area contributed by atoms with E-state index in [0.29, 0.717) is 6.54 Å². The monoisotopic (exact) mass is 380 g/mol. The normalized spacial score (nSPS) is 11.6. The molecule has 0 unspecified atom stereocenters. The number of hydrogen-bond acceptors (Lipinski definition) is 4. The minimum absolute atomic E-state index is 0.691. The van der Waals surface area contributed by atoms with Crippen LogP contribution in [-0.4, -0.2) is 40.5 Å². The summed E-state index contributed by atoms with van der Waals surface area (Å²) < 4.78 is 7.07. The van der Waals surface area contributed by atoms with Crippen molar-refractivity contribution in [2.24, 2.45) is 4.99 Å². The summed E-state index contributed by atoms with van der Waals surface area (Å²) in [6.45, 7) is 8.32. The van der Waals surface area contributed by atoms with Crippen LogP contribution in [0.4, 0.5) is 0 Å². The van der Waals surface area contributed by atoms with Gasteiger partial charge in [0.25, 0.3) is 0 Å². The molecule has 0 radical (unpaired) electrons. The van der Waals surface area contributed by atoms with E-state index in [4.69, 9.17) is 4.52 Å². The molecule has 28 heavy (non-hydrogen) atoms. The van der Waals surface area contributed by atoms with E-state index in [1.165, 1.54) is 5.56 Å². The molecule has 0 atom stereocenters. The van der Waals surface area contributed by atoms with Crippen LogP contribution in [0.3, 0.4) is 0 Å². The maximum atomic E-state index is 5.21. The molecule has 3 rings (SSSR count). The van der Waals surface area contributed by atoms with Crippen LogP contribution in [0.25, 0.3) is 5.69 Å². The van der Waals surface area contributed by atoms with Gasteiger partial charge in [-0.15, -0.1) is 0 Å². The summed E-state index contributed by atoms with van der Waals surface area (Å²) in [4.78, 5) is 4.66. The predicted molar refractivity (Wildman–Crippen MR) is 111 cm³/mol. The van der Waals surface area contributed by atoms with Crippen LogP contribution in [0.1, 0.15) is 29.5 Å². The van der Waals surface area contributed by atoms with Crippen molar-refractivity contribution in [3.05, 3.63) is 65.3 Å². The van der Waals surface area contributed by atoms with Crippen molar-refractivity contribution >= 4 is 5.96 Å². The van der Waals surface area contributed by atoms with Gasteiger partial charge in [0.2, 0.25) is 0 Å². The molecule has 7 heteroatoms. The molecule has 148 valence electrons. The molecule has 0 fully saturated rings. The molecule has 0 spiro atoms. The Bertz CT molecular complexity index is 861. The number of benzene rings is 1. The third kappa shape index (κ3) is 5.22. The van der Waals surface area contributed by atoms with E-state index >= 15 is 0 Å². The van der Waals surface area contributed by atoms with E-state index in [2.05, 4.69) is 57.1 Å². The van der Waals surface area contributed by atoms with E-state index in [1.807, 2.05) is 30.8 Å². The van der Waals surface area contributed by atoms with Crippen LogP contribution in [0.2, 0.25) is 0 Å². The number of nitrogens with one attached hydrogen (secondary N) is 2. The zero-order valence-electron chi connectivity index (χ0n) is 16.8. The number of guanidine groups is 1. The molecule has 2 N–H and O–H groups in total. The Hall–Kier alpha value is -3.09. The van der Waals surface area contributed by atoms with E-state index in [9.17, 15) is 0 Å². The molecule has 3 aromatic rings. The lowest BCUT2D eigenvalue weighted by Crippen LogP contribution is -2.38. The summed E-state index contributed by atoms with van der Waals surface area (Å²) in [5, 5.41) is 14.9. The lowest BCUT2D eigenvalue weighted by molar-refractivity contribution is 0.392. The summed E-state index contributed by atoms with van der Waals surface area (Å²) in [5.74, 6) is 1.71. The summed E-state index contributed by atoms with van der Waals surface area (Å²) in [6, 6.07) is 10.4. The molecule has 0 saturated carbocycles. The maximum absolute atomic E-state index is 5.21. The van der Waals surface area contributed by atoms with Crippen molar-refractivity contribution in [1.82, 2.24) is 25.6 Å². The lowest BCUT2D eigenvalue weighted by Gasteiger charge is -2.11. The van der Waals surface area contributed by atoms with E-state index < -0.39 is 0 Å². The van der Waals surface area contributed by atoms with E-state index in [-0.39, 0.29) is 0 Å². The highest BCUT2D eigenvalue weighted by atomic mass is 16.5. The summed E-state index contributed by atoms with van der Waals surface area (Å²) in [5.41, 5.74) is 4.44. The van der Waals surface area contributed by atoms with Crippen LogP contribution in [0, 0.1) is 13.8 Å². The Morgan fingerprint density at radius 3 is 2.61 bits per heavy atom. The quantitative estimate of drug-likeness (QED) is 0.464. The molecule has 0 amide bonds. The molecular formula is C21H28N6O. The fourth-order valence-electron chi connectivity index (χ4n) is 3.04. The largest absolute Gasteiger partial charge is 0.361 e. The van der Waals surface area contributed by atoms with Crippen molar-refractivity contribution in [1.29, 1.82) is 0 Å². The predicted octanol–water partition coefficient (Wildman–Crippen LogP) is 2.82. The number of nitrogens with zero attached hydrogens (tertiary/aromatic N) is 4. The average Bonchev–Trinajstić information content (AvgIpc) is 3.34. The molecule has 0 bridgehead atoms. The van der Waals surface area contributed by atoms with Gasteiger partial charge in [0.1, 0.15) is 5.76 Å². The molecular weight excluding hydrogens is 352 g/mol. The highest BCUT2D eigenvalue weighted by Crippen LogP contribution is 2.12. The molecule has 0 aliphatic carbocycles. The number of aliphatic imine (C=N–C) groups is 1. The summed E-state index contributed by atoms with van der Waals surface area (Å²) >= 11 is 0. The number of rotatable bonds is 8. The fourth-order valence-corrected chi connectivity index (χ4v) is 3.04. The molecule has 7 nitrogen and oxygen atoms in total. The van der Waals surface area contributed by atoms with Crippen molar-refractivity contribution in [2.75, 3.05) is 19.6 Å². The van der Waals surface area contributed by atoms with Gasteiger partial charge in [0.05, 0.1) is 11.4 Å². The highest BCUT2D eigenvalue weighted by molar-refractivity contribution is 5.79. The Labute approximate surface area is 165 Å². The smallest absolute Gasteiger partial charge is 0.191 e. The van der Waals surface area contributed by atoms with Gasteiger partial charge < -0.3 is 15.2 Å². The van der Waals surface area contributed by atoms with Crippen LogP contribution in [0.5, 0.6) is 0 Å². The first-order valence-electron chi connectivity index (χ1n) is 9.70. The lowest BCUT2D eigenvalue weighted by atomic mass is 10.1. The van der Waals surface area contributed by atoms with Crippen LogP contribution in [0.15, 0.2) is 52.2 Å². The molecule has 0 aliphatic heterocycles. The summed E-state index contributed by atoms with van der Waals surface area (Å²) in [7, 11) is 0. The second-order valence-corrected chi connectivity index (χ2v) is 6.61. The van der Waals surface area contributed by atoms with Gasteiger partial charge in [-0.25, -0.2) is 4.68 Å². The van der Waals surface area contributed by atoms with Gasteiger partial charge in [-0.3, -0.25) is 4.99 Å². The standard InChI is InChI=1S/C21H28N6O/c1-4-22-21(24-14-11-20-16(2)26-28-17(20)3)23-13-10-18-6-8-19(9-7-18)27-15-5-12-25-27/h5-9,12,15H,4,10-11,13-14H2,1-3H3,(H2,22,23,24). The minimum Gasteiger partial charge on any atom is -0.361 e. The van der Waals surface area contributed by atoms with E-state index in [1.54, 1.807) is 6.20 Å². The number of hydrogen-bond donors (Lipinski definition) is 2. The van der Waals surface area contributed by atoms with Gasteiger partial charge in [-0.1, -0.05) is 17.3 Å². The third-order valence-electron chi connectivity index (χ3n) is 4.57. The molecule has 2 heterocycles. The van der Waals surface area contributed by atoms with Crippen molar-refractivity contribution < 1.29 is 4.52 Å². The van der Waals surface area contributed by atoms with Crippen molar-refractivity contribution in [2.45, 2.75) is 33.6 Å². The van der Waals surface area contributed by atoms with Crippen LogP contribution in [-0.2, 0) is 12.8 Å². The van der Waals surface area contributed by atoms with Crippen LogP contribution >= 0.6 is 0 Å². The van der Waals surface area contributed by atoms with Crippen molar-refractivity contribution in [3.63, 3.8) is 0 Å². The van der Waals surface area contributed by atoms with Gasteiger partial charge >= 0.3 is 0 Å². The number of aryl methyl sites for hydroxylation is 2. The first kappa shape index (κ1) is 19.7. The first-order valence-corrected chi connectivity index (χ1v) is 9.70. The SMILES string of the molecule is CCNC(=NCCc1c(C)noc1C)NCCc1ccc(-n2cccn2)cc1. The molecule has 1 aromatic carbocycles. The van der Waals surface area contributed by atoms with Gasteiger partial charge in [-0.05, 0) is 57.4 Å². The van der Waals surface area contributed by atoms with Crippen molar-refractivity contribution in [3.8, 4) is 5.69 Å². The fraction of sp³-hybridized carbons (Fsp3) is 0.381. The van der Waals surface area contributed by atoms with Crippen LogP contribution < -0.4 is 10.6 Å². The molecule has 0 aliphatic rings. The maximum Gasteiger partial charge on any atom is 0.191 e. The highest BCUT2D eigenvalue weighted by Gasteiger charge is 2.08. The zero-order valence-corrected chi connectivity index (χ0v) is 16.8. The number of aromatic nitrogens is 3. The Morgan fingerprint density at radius 1 is 1.14 bits per heavy atom. The zero-order chi connectivity index (χ0) is 19.8. The summed E-state index contributed by atoms with van der Waals surface area (Å²) in [6.07, 6.45) is 5.48. The Balaban J connectivity index is 1.49. The third-order valence-corrected chi connectivity index (χ3v) is 4.57. The van der Waals surface area contributed by atoms with Gasteiger partial charge in [0, 0.05) is 37.6 Å². The van der Waals surface area contributed by atoms with Gasteiger partial charge in [0.15, 0.2) is 5.96 Å². The molecule has 0 saturated heterocycles. The first-order chi connectivity index (χ1) is 13.7. The topological polar surface area (TPSA) is 80.3 Å². The second-order valence-electron chi connectivity index (χ2n) is 6.61. The van der Waals surface area contributed by atoms with E-state index in [0.717, 1.165) is 54.6 Å². The Morgan fingerprint density at radius 2 is 1.96 bits per heavy atom. The minimum atomic E-state index is 0.691. The second kappa shape index (κ2) is 9.73.